The first-order valence-electron chi connectivity index (χ1n) is 9.17. The standard InChI is InChI=1S/C18H40NO2/c1-5-7-8-9-10-11-12-13-14-15-16-21-18(6-2)17-19(3,4)20/h18,20H,5-17H2,1-4H3/q+1. The largest absolute Gasteiger partial charge is 0.372 e. The van der Waals surface area contributed by atoms with Gasteiger partial charge in [-0.25, -0.2) is 5.21 Å². The van der Waals surface area contributed by atoms with Crippen LogP contribution in [0.3, 0.4) is 0 Å². The minimum absolute atomic E-state index is 0.00343. The Morgan fingerprint density at radius 3 is 1.71 bits per heavy atom. The summed E-state index contributed by atoms with van der Waals surface area (Å²) in [5.74, 6) is 0. The fraction of sp³-hybridized carbons (Fsp3) is 1.00. The van der Waals surface area contributed by atoms with E-state index in [4.69, 9.17) is 4.74 Å². The van der Waals surface area contributed by atoms with Gasteiger partial charge in [0.05, 0.1) is 14.1 Å². The Kier molecular flexibility index (Phi) is 13.5. The zero-order valence-corrected chi connectivity index (χ0v) is 15.1. The lowest BCUT2D eigenvalue weighted by Gasteiger charge is -2.25. The van der Waals surface area contributed by atoms with Crippen LogP contribution in [-0.4, -0.2) is 43.2 Å². The smallest absolute Gasteiger partial charge is 0.134 e. The van der Waals surface area contributed by atoms with Gasteiger partial charge in [-0.05, 0) is 12.8 Å². The van der Waals surface area contributed by atoms with Crippen LogP contribution in [0.2, 0.25) is 0 Å². The summed E-state index contributed by atoms with van der Waals surface area (Å²) in [6.45, 7) is 5.91. The van der Waals surface area contributed by atoms with E-state index in [1.54, 1.807) is 14.1 Å². The third-order valence-electron chi connectivity index (χ3n) is 3.96. The minimum atomic E-state index is -0.00343. The Labute approximate surface area is 133 Å². The average Bonchev–Trinajstić information content (AvgIpc) is 2.42. The van der Waals surface area contributed by atoms with Crippen LogP contribution in [0.15, 0.2) is 0 Å². The van der Waals surface area contributed by atoms with Crippen LogP contribution < -0.4 is 0 Å². The average molecular weight is 303 g/mol. The molecular weight excluding hydrogens is 262 g/mol. The molecule has 0 heterocycles. The lowest BCUT2D eigenvalue weighted by Crippen LogP contribution is -2.42. The molecule has 0 aliphatic carbocycles. The lowest BCUT2D eigenvalue weighted by atomic mass is 10.1. The molecule has 0 aromatic heterocycles. The molecule has 0 spiro atoms. The molecule has 0 saturated heterocycles. The van der Waals surface area contributed by atoms with E-state index in [2.05, 4.69) is 13.8 Å². The van der Waals surface area contributed by atoms with Crippen LogP contribution in [0.1, 0.15) is 84.5 Å². The van der Waals surface area contributed by atoms with E-state index in [1.165, 1.54) is 57.8 Å². The predicted octanol–water partition coefficient (Wildman–Crippen LogP) is 5.17. The third kappa shape index (κ3) is 16.1. The third-order valence-corrected chi connectivity index (χ3v) is 3.96. The summed E-state index contributed by atoms with van der Waals surface area (Å²) in [4.78, 5) is 0. The van der Waals surface area contributed by atoms with Crippen molar-refractivity contribution in [2.45, 2.75) is 90.6 Å². The molecule has 0 aliphatic rings. The number of unbranched alkanes of at least 4 members (excludes halogenated alkanes) is 9. The van der Waals surface area contributed by atoms with E-state index in [1.807, 2.05) is 0 Å². The number of hydrogen-bond donors (Lipinski definition) is 1. The zero-order valence-electron chi connectivity index (χ0n) is 15.1. The molecule has 0 aromatic carbocycles. The molecule has 3 heteroatoms. The van der Waals surface area contributed by atoms with Gasteiger partial charge in [0.2, 0.25) is 0 Å². The normalized spacial score (nSPS) is 13.6. The fourth-order valence-electron chi connectivity index (χ4n) is 2.64. The molecule has 0 bridgehead atoms. The van der Waals surface area contributed by atoms with Gasteiger partial charge in [0.1, 0.15) is 12.6 Å². The molecule has 0 fully saturated rings. The van der Waals surface area contributed by atoms with Crippen molar-refractivity contribution in [1.29, 1.82) is 0 Å². The highest BCUT2D eigenvalue weighted by molar-refractivity contribution is 4.53. The highest BCUT2D eigenvalue weighted by Crippen LogP contribution is 2.11. The maximum Gasteiger partial charge on any atom is 0.134 e. The topological polar surface area (TPSA) is 29.5 Å². The summed E-state index contributed by atoms with van der Waals surface area (Å²) >= 11 is 0. The summed E-state index contributed by atoms with van der Waals surface area (Å²) in [7, 11) is 3.60. The summed E-state index contributed by atoms with van der Waals surface area (Å²) in [5, 5.41) is 9.75. The first kappa shape index (κ1) is 20.9. The van der Waals surface area contributed by atoms with E-state index >= 15 is 0 Å². The van der Waals surface area contributed by atoms with E-state index in [0.717, 1.165) is 19.4 Å². The van der Waals surface area contributed by atoms with Gasteiger partial charge >= 0.3 is 0 Å². The Morgan fingerprint density at radius 1 is 0.810 bits per heavy atom. The van der Waals surface area contributed by atoms with Crippen LogP contribution >= 0.6 is 0 Å². The highest BCUT2D eigenvalue weighted by Gasteiger charge is 2.19. The number of hydrogen-bond acceptors (Lipinski definition) is 2. The molecule has 21 heavy (non-hydrogen) atoms. The van der Waals surface area contributed by atoms with Gasteiger partial charge < -0.3 is 4.74 Å². The van der Waals surface area contributed by atoms with Gasteiger partial charge in [0, 0.05) is 6.61 Å². The summed E-state index contributed by atoms with van der Waals surface area (Å²) < 4.78 is 5.86. The van der Waals surface area contributed by atoms with Crippen molar-refractivity contribution in [1.82, 2.24) is 0 Å². The van der Waals surface area contributed by atoms with Crippen molar-refractivity contribution in [3.63, 3.8) is 0 Å². The van der Waals surface area contributed by atoms with E-state index in [-0.39, 0.29) is 10.8 Å². The van der Waals surface area contributed by atoms with Gasteiger partial charge in [-0.1, -0.05) is 71.6 Å². The van der Waals surface area contributed by atoms with Crippen LogP contribution in [0.25, 0.3) is 0 Å². The maximum atomic E-state index is 9.75. The second kappa shape index (κ2) is 13.5. The number of nitrogens with zero attached hydrogens (tertiary/aromatic N) is 1. The van der Waals surface area contributed by atoms with Crippen molar-refractivity contribution in [3.05, 3.63) is 0 Å². The second-order valence-electron chi connectivity index (χ2n) is 6.89. The fourth-order valence-corrected chi connectivity index (χ4v) is 2.64. The molecule has 0 rings (SSSR count). The van der Waals surface area contributed by atoms with Crippen LogP contribution in [0.4, 0.5) is 0 Å². The van der Waals surface area contributed by atoms with Gasteiger partial charge in [-0.3, -0.25) is 0 Å². The van der Waals surface area contributed by atoms with Crippen LogP contribution in [-0.2, 0) is 4.74 Å². The number of hydroxylamine groups is 3. The van der Waals surface area contributed by atoms with E-state index in [9.17, 15) is 5.21 Å². The molecule has 0 amide bonds. The molecule has 0 radical (unpaired) electrons. The first-order chi connectivity index (χ1) is 9.99. The second-order valence-corrected chi connectivity index (χ2v) is 6.89. The highest BCUT2D eigenvalue weighted by atomic mass is 16.5. The first-order valence-corrected chi connectivity index (χ1v) is 9.17. The minimum Gasteiger partial charge on any atom is -0.372 e. The number of rotatable bonds is 15. The van der Waals surface area contributed by atoms with Crippen molar-refractivity contribution in [2.75, 3.05) is 27.2 Å². The van der Waals surface area contributed by atoms with Gasteiger partial charge in [0.15, 0.2) is 0 Å². The van der Waals surface area contributed by atoms with Crippen molar-refractivity contribution < 1.29 is 14.6 Å². The molecule has 0 aliphatic heterocycles. The van der Waals surface area contributed by atoms with Crippen molar-refractivity contribution in [2.24, 2.45) is 0 Å². The Hall–Kier alpha value is -0.120. The zero-order chi connectivity index (χ0) is 16.0. The van der Waals surface area contributed by atoms with Crippen molar-refractivity contribution in [3.8, 4) is 0 Å². The quantitative estimate of drug-likeness (QED) is 0.257. The molecule has 0 saturated carbocycles. The van der Waals surface area contributed by atoms with E-state index in [0.29, 0.717) is 6.54 Å². The van der Waals surface area contributed by atoms with Crippen LogP contribution in [0.5, 0.6) is 0 Å². The van der Waals surface area contributed by atoms with Crippen molar-refractivity contribution >= 4 is 0 Å². The molecule has 1 atom stereocenters. The molecule has 1 unspecified atom stereocenters. The van der Waals surface area contributed by atoms with Gasteiger partial charge in [-0.2, -0.15) is 4.65 Å². The molecular formula is C18H40NO2+. The number of ether oxygens (including phenoxy) is 1. The summed E-state index contributed by atoms with van der Waals surface area (Å²) in [6, 6.07) is 0. The Bertz CT molecular complexity index is 214. The number of quaternary nitrogens is 1. The SMILES string of the molecule is CCCCCCCCCCCCOC(CC)C[N+](C)(C)O. The predicted molar refractivity (Wildman–Crippen MR) is 90.6 cm³/mol. The number of likely N-dealkylation sites (N-methyl/N-ethyl adjacent to an activating group) is 1. The van der Waals surface area contributed by atoms with Gasteiger partial charge in [-0.15, -0.1) is 0 Å². The lowest BCUT2D eigenvalue weighted by molar-refractivity contribution is -1.07. The monoisotopic (exact) mass is 302 g/mol. The Morgan fingerprint density at radius 2 is 1.29 bits per heavy atom. The Balaban J connectivity index is 3.31. The van der Waals surface area contributed by atoms with Crippen LogP contribution in [0, 0.1) is 0 Å². The molecule has 0 aromatic rings. The summed E-state index contributed by atoms with van der Waals surface area (Å²) in [6.07, 6.45) is 14.7. The molecule has 1 N–H and O–H groups in total. The van der Waals surface area contributed by atoms with E-state index < -0.39 is 0 Å². The molecule has 128 valence electrons. The molecule has 3 nitrogen and oxygen atoms in total. The maximum absolute atomic E-state index is 9.75. The summed E-state index contributed by atoms with van der Waals surface area (Å²) in [5.41, 5.74) is 0. The van der Waals surface area contributed by atoms with Gasteiger partial charge in [0.25, 0.3) is 0 Å².